The fourth-order valence-corrected chi connectivity index (χ4v) is 4.86. The number of nitrogens with one attached hydrogen (secondary N) is 1. The van der Waals surface area contributed by atoms with Crippen LogP contribution in [0.5, 0.6) is 11.5 Å². The Hall–Kier alpha value is -3.65. The third-order valence-corrected chi connectivity index (χ3v) is 7.01. The highest BCUT2D eigenvalue weighted by molar-refractivity contribution is 7.80. The molecule has 0 bridgehead atoms. The summed E-state index contributed by atoms with van der Waals surface area (Å²) < 4.78 is 11.7. The van der Waals surface area contributed by atoms with Gasteiger partial charge < -0.3 is 9.47 Å². The van der Waals surface area contributed by atoms with Gasteiger partial charge in [-0.25, -0.2) is 0 Å². The average Bonchev–Trinajstić information content (AvgIpc) is 2.91. The third-order valence-electron chi connectivity index (χ3n) is 6.14. The molecule has 1 heterocycles. The highest BCUT2D eigenvalue weighted by Crippen LogP contribution is 2.36. The molecule has 39 heavy (non-hydrogen) atoms. The Kier molecular flexibility index (Phi) is 9.07. The highest BCUT2D eigenvalue weighted by atomic mass is 35.5. The average molecular weight is 582 g/mol. The number of methoxy groups -OCH3 is 1. The van der Waals surface area contributed by atoms with Gasteiger partial charge >= 0.3 is 0 Å². The zero-order chi connectivity index (χ0) is 28.1. The molecule has 3 aromatic carbocycles. The van der Waals surface area contributed by atoms with E-state index in [0.29, 0.717) is 39.2 Å². The van der Waals surface area contributed by atoms with Crippen molar-refractivity contribution in [2.45, 2.75) is 26.4 Å². The molecule has 0 aliphatic carbocycles. The van der Waals surface area contributed by atoms with Gasteiger partial charge in [-0.2, -0.15) is 0 Å². The first-order valence-electron chi connectivity index (χ1n) is 12.1. The molecule has 1 saturated heterocycles. The van der Waals surface area contributed by atoms with Gasteiger partial charge in [0.2, 0.25) is 0 Å². The molecule has 4 rings (SSSR count). The van der Waals surface area contributed by atoms with Crippen LogP contribution in [0.2, 0.25) is 10.0 Å². The van der Waals surface area contributed by atoms with Gasteiger partial charge in [0.05, 0.1) is 12.8 Å². The van der Waals surface area contributed by atoms with E-state index in [1.807, 2.05) is 37.3 Å². The number of hydrogen-bond acceptors (Lipinski definition) is 5. The van der Waals surface area contributed by atoms with Crippen LogP contribution in [0.4, 0.5) is 5.69 Å². The lowest BCUT2D eigenvalue weighted by Gasteiger charge is -2.29. The molecule has 0 aromatic heterocycles. The van der Waals surface area contributed by atoms with Crippen LogP contribution in [0.25, 0.3) is 6.08 Å². The molecule has 0 spiro atoms. The molecule has 3 aromatic rings. The summed E-state index contributed by atoms with van der Waals surface area (Å²) in [7, 11) is 1.52. The number of carbonyl (C=O) groups excluding carboxylic acids is 2. The summed E-state index contributed by atoms with van der Waals surface area (Å²) in [4.78, 5) is 27.6. The van der Waals surface area contributed by atoms with Crippen LogP contribution in [-0.2, 0) is 29.0 Å². The van der Waals surface area contributed by atoms with Gasteiger partial charge in [0, 0.05) is 21.2 Å². The Morgan fingerprint density at radius 3 is 2.44 bits per heavy atom. The Labute approximate surface area is 242 Å². The standard InChI is InChI=1S/C30H26Cl2N2O4S/c1-4-6-20-13-19(15-26(37-3)27(20)38-17-21-9-10-22(31)16-25(21)32)14-24-28(35)33-30(39)34(29(24)36)23-11-7-18(5-2)8-12-23/h4,7-16H,1,5-6,17H2,2-3H3,(H,33,35,39)/b24-14+. The van der Waals surface area contributed by atoms with Crippen LogP contribution >= 0.6 is 35.4 Å². The van der Waals surface area contributed by atoms with Crippen molar-refractivity contribution in [2.24, 2.45) is 0 Å². The number of nitrogens with zero attached hydrogens (tertiary/aromatic N) is 1. The lowest BCUT2D eigenvalue weighted by molar-refractivity contribution is -0.122. The molecular weight excluding hydrogens is 555 g/mol. The molecule has 1 aliphatic rings. The quantitative estimate of drug-likeness (QED) is 0.132. The van der Waals surface area contributed by atoms with Crippen LogP contribution in [0.15, 0.2) is 72.8 Å². The monoisotopic (exact) mass is 580 g/mol. The van der Waals surface area contributed by atoms with Crippen molar-refractivity contribution in [3.63, 3.8) is 0 Å². The zero-order valence-corrected chi connectivity index (χ0v) is 23.8. The van der Waals surface area contributed by atoms with Gasteiger partial charge in [-0.1, -0.05) is 54.4 Å². The van der Waals surface area contributed by atoms with Crippen LogP contribution in [0, 0.1) is 0 Å². The molecule has 1 fully saturated rings. The number of ether oxygens (including phenoxy) is 2. The smallest absolute Gasteiger partial charge is 0.270 e. The van der Waals surface area contributed by atoms with Crippen LogP contribution in [0.1, 0.15) is 29.2 Å². The van der Waals surface area contributed by atoms with Crippen molar-refractivity contribution in [1.29, 1.82) is 0 Å². The predicted molar refractivity (Wildman–Crippen MR) is 160 cm³/mol. The maximum absolute atomic E-state index is 13.5. The van der Waals surface area contributed by atoms with E-state index in [-0.39, 0.29) is 17.3 Å². The van der Waals surface area contributed by atoms with Gasteiger partial charge in [0.1, 0.15) is 12.2 Å². The molecule has 1 aliphatic heterocycles. The normalized spacial score (nSPS) is 14.4. The Morgan fingerprint density at radius 2 is 1.79 bits per heavy atom. The number of amides is 2. The number of thiocarbonyl (C=S) groups is 1. The summed E-state index contributed by atoms with van der Waals surface area (Å²) in [5.74, 6) is -0.162. The molecule has 0 radical (unpaired) electrons. The first-order valence-corrected chi connectivity index (χ1v) is 13.3. The first kappa shape index (κ1) is 28.4. The van der Waals surface area contributed by atoms with Crippen LogP contribution in [0.3, 0.4) is 0 Å². The topological polar surface area (TPSA) is 67.9 Å². The minimum absolute atomic E-state index is 0.0286. The van der Waals surface area contributed by atoms with Gasteiger partial charge in [-0.15, -0.1) is 6.58 Å². The van der Waals surface area contributed by atoms with Gasteiger partial charge in [-0.3, -0.25) is 19.8 Å². The van der Waals surface area contributed by atoms with Crippen molar-refractivity contribution in [1.82, 2.24) is 5.32 Å². The lowest BCUT2D eigenvalue weighted by Crippen LogP contribution is -2.54. The van der Waals surface area contributed by atoms with E-state index in [4.69, 9.17) is 44.9 Å². The second-order valence-corrected chi connectivity index (χ2v) is 9.94. The van der Waals surface area contributed by atoms with Crippen molar-refractivity contribution in [3.05, 3.63) is 105 Å². The van der Waals surface area contributed by atoms with Gasteiger partial charge in [0.15, 0.2) is 16.6 Å². The Bertz CT molecular complexity index is 1490. The Morgan fingerprint density at radius 1 is 1.05 bits per heavy atom. The molecule has 0 saturated carbocycles. The number of anilines is 1. The molecule has 6 nitrogen and oxygen atoms in total. The molecule has 1 N–H and O–H groups in total. The largest absolute Gasteiger partial charge is 0.493 e. The second kappa shape index (κ2) is 12.5. The summed E-state index contributed by atoms with van der Waals surface area (Å²) in [6.45, 7) is 6.07. The van der Waals surface area contributed by atoms with E-state index in [1.54, 1.807) is 30.3 Å². The number of aryl methyl sites for hydroxylation is 1. The molecule has 0 atom stereocenters. The van der Waals surface area contributed by atoms with Crippen molar-refractivity contribution in [3.8, 4) is 11.5 Å². The minimum Gasteiger partial charge on any atom is -0.493 e. The van der Waals surface area contributed by atoms with Crippen molar-refractivity contribution in [2.75, 3.05) is 12.0 Å². The van der Waals surface area contributed by atoms with E-state index in [2.05, 4.69) is 11.9 Å². The number of allylic oxidation sites excluding steroid dienone is 1. The number of carbonyl (C=O) groups is 2. The maximum Gasteiger partial charge on any atom is 0.270 e. The second-order valence-electron chi connectivity index (χ2n) is 8.71. The minimum atomic E-state index is -0.576. The summed E-state index contributed by atoms with van der Waals surface area (Å²) in [5.41, 5.74) is 3.72. The highest BCUT2D eigenvalue weighted by Gasteiger charge is 2.34. The molecule has 0 unspecified atom stereocenters. The van der Waals surface area contributed by atoms with E-state index in [0.717, 1.165) is 23.1 Å². The Balaban J connectivity index is 1.69. The molecule has 200 valence electrons. The number of halogens is 2. The fourth-order valence-electron chi connectivity index (χ4n) is 4.12. The first-order chi connectivity index (χ1) is 18.7. The maximum atomic E-state index is 13.5. The fraction of sp³-hybridized carbons (Fsp3) is 0.167. The van der Waals surface area contributed by atoms with Gasteiger partial charge in [0.25, 0.3) is 11.8 Å². The zero-order valence-electron chi connectivity index (χ0n) is 21.4. The number of benzene rings is 3. The summed E-state index contributed by atoms with van der Waals surface area (Å²) >= 11 is 17.6. The van der Waals surface area contributed by atoms with E-state index >= 15 is 0 Å². The van der Waals surface area contributed by atoms with E-state index < -0.39 is 11.8 Å². The lowest BCUT2D eigenvalue weighted by atomic mass is 10.0. The van der Waals surface area contributed by atoms with Crippen LogP contribution < -0.4 is 19.7 Å². The molecule has 2 amide bonds. The van der Waals surface area contributed by atoms with Crippen molar-refractivity contribution >= 4 is 64.1 Å². The van der Waals surface area contributed by atoms with Crippen LogP contribution in [-0.4, -0.2) is 24.0 Å². The molecular formula is C30H26Cl2N2O4S. The predicted octanol–water partition coefficient (Wildman–Crippen LogP) is 6.70. The molecule has 9 heteroatoms. The summed E-state index contributed by atoms with van der Waals surface area (Å²) in [6.07, 6.45) is 4.56. The summed E-state index contributed by atoms with van der Waals surface area (Å²) in [5, 5.41) is 3.67. The number of rotatable bonds is 9. The van der Waals surface area contributed by atoms with E-state index in [1.165, 1.54) is 18.1 Å². The third kappa shape index (κ3) is 6.33. The van der Waals surface area contributed by atoms with Gasteiger partial charge in [-0.05, 0) is 78.7 Å². The van der Waals surface area contributed by atoms with Crippen molar-refractivity contribution < 1.29 is 19.1 Å². The number of hydrogen-bond donors (Lipinski definition) is 1. The summed E-state index contributed by atoms with van der Waals surface area (Å²) in [6, 6.07) is 16.2. The SMILES string of the molecule is C=CCc1cc(/C=C2\C(=O)NC(=S)N(c3ccc(CC)cc3)C2=O)cc(OC)c1OCc1ccc(Cl)cc1Cl. The van der Waals surface area contributed by atoms with E-state index in [9.17, 15) is 9.59 Å².